The van der Waals surface area contributed by atoms with Gasteiger partial charge in [-0.05, 0) is 85.3 Å². The van der Waals surface area contributed by atoms with Crippen LogP contribution in [-0.4, -0.2) is 4.57 Å². The average Bonchev–Trinajstić information content (AvgIpc) is 3.45. The van der Waals surface area contributed by atoms with E-state index in [0.717, 1.165) is 0 Å². The first kappa shape index (κ1) is 25.6. The summed E-state index contributed by atoms with van der Waals surface area (Å²) in [6.07, 6.45) is 0. The average molecular weight is 572 g/mol. The zero-order valence-corrected chi connectivity index (χ0v) is 24.7. The van der Waals surface area contributed by atoms with E-state index in [1.165, 1.54) is 82.4 Å². The molecule has 9 rings (SSSR count). The van der Waals surface area contributed by atoms with Gasteiger partial charge in [0, 0.05) is 16.5 Å². The second-order valence-electron chi connectivity index (χ2n) is 11.7. The minimum Gasteiger partial charge on any atom is -0.309 e. The van der Waals surface area contributed by atoms with Crippen molar-refractivity contribution in [2.24, 2.45) is 0 Å². The van der Waals surface area contributed by atoms with Crippen LogP contribution in [0.1, 0.15) is 0 Å². The highest BCUT2D eigenvalue weighted by Gasteiger charge is 2.19. The minimum absolute atomic E-state index is 1.17. The second kappa shape index (κ2) is 10.4. The highest BCUT2D eigenvalue weighted by molar-refractivity contribution is 6.22. The number of hydrogen-bond acceptors (Lipinski definition) is 0. The predicted octanol–water partition coefficient (Wildman–Crippen LogP) is 12.1. The summed E-state index contributed by atoms with van der Waals surface area (Å²) in [5, 5.41) is 7.59. The minimum atomic E-state index is 1.17. The summed E-state index contributed by atoms with van der Waals surface area (Å²) in [6, 6.07) is 63.9. The van der Waals surface area contributed by atoms with Crippen molar-refractivity contribution in [2.45, 2.75) is 0 Å². The molecule has 0 fully saturated rings. The number of aromatic nitrogens is 1. The summed E-state index contributed by atoms with van der Waals surface area (Å²) < 4.78 is 2.40. The fourth-order valence-electron chi connectivity index (χ4n) is 7.22. The van der Waals surface area contributed by atoms with Crippen LogP contribution < -0.4 is 0 Å². The van der Waals surface area contributed by atoms with Gasteiger partial charge in [0.15, 0.2) is 0 Å². The first-order valence-corrected chi connectivity index (χ1v) is 15.5. The first-order chi connectivity index (χ1) is 22.3. The first-order valence-electron chi connectivity index (χ1n) is 15.5. The smallest absolute Gasteiger partial charge is 0.0547 e. The molecule has 1 heteroatoms. The van der Waals surface area contributed by atoms with E-state index < -0.39 is 0 Å². The molecule has 0 atom stereocenters. The van der Waals surface area contributed by atoms with Gasteiger partial charge in [-0.3, -0.25) is 0 Å². The fourth-order valence-corrected chi connectivity index (χ4v) is 7.22. The third-order valence-corrected chi connectivity index (χ3v) is 9.17. The number of para-hydroxylation sites is 2. The number of rotatable bonds is 4. The van der Waals surface area contributed by atoms with Crippen LogP contribution in [0.4, 0.5) is 0 Å². The number of hydrogen-bond donors (Lipinski definition) is 0. The van der Waals surface area contributed by atoms with Gasteiger partial charge < -0.3 is 4.57 Å². The predicted molar refractivity (Wildman–Crippen MR) is 192 cm³/mol. The Morgan fingerprint density at radius 2 is 0.733 bits per heavy atom. The van der Waals surface area contributed by atoms with Crippen LogP contribution >= 0.6 is 0 Å². The Morgan fingerprint density at radius 3 is 1.38 bits per heavy atom. The molecule has 0 aliphatic heterocycles. The molecule has 210 valence electrons. The number of benzene rings is 8. The molecule has 0 saturated carbocycles. The molecule has 8 aromatic carbocycles. The Bertz CT molecular complexity index is 2460. The largest absolute Gasteiger partial charge is 0.309 e. The van der Waals surface area contributed by atoms with E-state index in [4.69, 9.17) is 0 Å². The molecule has 0 radical (unpaired) electrons. The maximum atomic E-state index is 2.40. The van der Waals surface area contributed by atoms with E-state index in [1.54, 1.807) is 0 Å². The number of nitrogens with zero attached hydrogens (tertiary/aromatic N) is 1. The SMILES string of the molecule is c1ccc(-c2cccc(-c3c4ccccc4c(-c4ccc5c6ccccc6n(-c6ccccc6)c5c4)c4ccccc34)c2)cc1. The van der Waals surface area contributed by atoms with Crippen molar-refractivity contribution in [3.05, 3.63) is 176 Å². The summed E-state index contributed by atoms with van der Waals surface area (Å²) in [6.45, 7) is 0. The Labute approximate surface area is 262 Å². The quantitative estimate of drug-likeness (QED) is 0.185. The molecule has 9 aromatic rings. The Morgan fingerprint density at radius 1 is 0.267 bits per heavy atom. The molecule has 0 aliphatic rings. The lowest BCUT2D eigenvalue weighted by molar-refractivity contribution is 1.18. The summed E-state index contributed by atoms with van der Waals surface area (Å²) in [4.78, 5) is 0. The molecule has 1 heterocycles. The summed E-state index contributed by atoms with van der Waals surface area (Å²) >= 11 is 0. The lowest BCUT2D eigenvalue weighted by atomic mass is 9.85. The normalized spacial score (nSPS) is 11.6. The van der Waals surface area contributed by atoms with Crippen LogP contribution in [0.2, 0.25) is 0 Å². The molecule has 0 amide bonds. The summed E-state index contributed by atoms with van der Waals surface area (Å²) in [5.41, 5.74) is 11.1. The fraction of sp³-hybridized carbons (Fsp3) is 0. The molecule has 0 aliphatic carbocycles. The van der Waals surface area contributed by atoms with Crippen molar-refractivity contribution in [3.8, 4) is 39.1 Å². The van der Waals surface area contributed by atoms with E-state index >= 15 is 0 Å². The molecule has 45 heavy (non-hydrogen) atoms. The van der Waals surface area contributed by atoms with Gasteiger partial charge in [-0.15, -0.1) is 0 Å². The summed E-state index contributed by atoms with van der Waals surface area (Å²) in [5.74, 6) is 0. The highest BCUT2D eigenvalue weighted by atomic mass is 15.0. The van der Waals surface area contributed by atoms with Crippen LogP contribution in [0.5, 0.6) is 0 Å². The zero-order chi connectivity index (χ0) is 29.7. The van der Waals surface area contributed by atoms with Gasteiger partial charge in [-0.1, -0.05) is 146 Å². The van der Waals surface area contributed by atoms with E-state index in [-0.39, 0.29) is 0 Å². The monoisotopic (exact) mass is 571 g/mol. The zero-order valence-electron chi connectivity index (χ0n) is 24.7. The lowest BCUT2D eigenvalue weighted by Gasteiger charge is -2.18. The molecular formula is C44H29N. The van der Waals surface area contributed by atoms with Gasteiger partial charge in [-0.2, -0.15) is 0 Å². The molecular weight excluding hydrogens is 542 g/mol. The number of fused-ring (bicyclic) bond motifs is 5. The van der Waals surface area contributed by atoms with Crippen molar-refractivity contribution < 1.29 is 0 Å². The van der Waals surface area contributed by atoms with Gasteiger partial charge in [-0.25, -0.2) is 0 Å². The van der Waals surface area contributed by atoms with Crippen molar-refractivity contribution >= 4 is 43.4 Å². The topological polar surface area (TPSA) is 4.93 Å². The lowest BCUT2D eigenvalue weighted by Crippen LogP contribution is -1.94. The van der Waals surface area contributed by atoms with Gasteiger partial charge in [0.2, 0.25) is 0 Å². The van der Waals surface area contributed by atoms with Gasteiger partial charge in [0.25, 0.3) is 0 Å². The van der Waals surface area contributed by atoms with Gasteiger partial charge in [0.1, 0.15) is 0 Å². The van der Waals surface area contributed by atoms with Crippen LogP contribution in [0.15, 0.2) is 176 Å². The van der Waals surface area contributed by atoms with Crippen LogP contribution in [-0.2, 0) is 0 Å². The van der Waals surface area contributed by atoms with Crippen molar-refractivity contribution in [3.63, 3.8) is 0 Å². The van der Waals surface area contributed by atoms with E-state index in [0.29, 0.717) is 0 Å². The van der Waals surface area contributed by atoms with E-state index in [9.17, 15) is 0 Å². The van der Waals surface area contributed by atoms with Gasteiger partial charge in [0.05, 0.1) is 11.0 Å². The maximum Gasteiger partial charge on any atom is 0.0547 e. The maximum absolute atomic E-state index is 2.40. The molecule has 0 unspecified atom stereocenters. The van der Waals surface area contributed by atoms with Crippen LogP contribution in [0.25, 0.3) is 82.4 Å². The van der Waals surface area contributed by atoms with Crippen molar-refractivity contribution in [1.82, 2.24) is 4.57 Å². The highest BCUT2D eigenvalue weighted by Crippen LogP contribution is 2.45. The van der Waals surface area contributed by atoms with E-state index in [1.807, 2.05) is 0 Å². The van der Waals surface area contributed by atoms with E-state index in [2.05, 4.69) is 180 Å². The molecule has 0 saturated heterocycles. The van der Waals surface area contributed by atoms with Crippen LogP contribution in [0, 0.1) is 0 Å². The third-order valence-electron chi connectivity index (χ3n) is 9.17. The van der Waals surface area contributed by atoms with Crippen molar-refractivity contribution in [1.29, 1.82) is 0 Å². The molecule has 0 spiro atoms. The second-order valence-corrected chi connectivity index (χ2v) is 11.7. The molecule has 1 aromatic heterocycles. The molecule has 0 N–H and O–H groups in total. The Balaban J connectivity index is 1.35. The standard InChI is InChI=1S/C44H29N/c1-3-14-30(15-4-1)31-16-13-17-32(28-31)43-37-21-7-9-23-39(37)44(40-24-10-8-22-38(40)43)33-26-27-36-35-20-11-12-25-41(35)45(42(36)29-33)34-18-5-2-6-19-34/h1-29H. The third kappa shape index (κ3) is 4.09. The Kier molecular flexibility index (Phi) is 5.89. The molecule has 1 nitrogen and oxygen atoms in total. The summed E-state index contributed by atoms with van der Waals surface area (Å²) in [7, 11) is 0. The van der Waals surface area contributed by atoms with Crippen molar-refractivity contribution in [2.75, 3.05) is 0 Å². The van der Waals surface area contributed by atoms with Gasteiger partial charge >= 0.3 is 0 Å². The van der Waals surface area contributed by atoms with Crippen LogP contribution in [0.3, 0.4) is 0 Å². The molecule has 0 bridgehead atoms. The Hall–Kier alpha value is -5.92.